The summed E-state index contributed by atoms with van der Waals surface area (Å²) in [7, 11) is 0. The maximum absolute atomic E-state index is 12.9. The Hall–Kier alpha value is -2.17. The first-order chi connectivity index (χ1) is 14.7. The second-order valence-corrected chi connectivity index (χ2v) is 9.02. The van der Waals surface area contributed by atoms with Crippen molar-refractivity contribution in [2.24, 2.45) is 5.92 Å². The molecule has 2 aromatic carbocycles. The van der Waals surface area contributed by atoms with Gasteiger partial charge in [-0.3, -0.25) is 14.6 Å². The molecule has 0 bridgehead atoms. The van der Waals surface area contributed by atoms with Gasteiger partial charge in [0.1, 0.15) is 0 Å². The van der Waals surface area contributed by atoms with Crippen LogP contribution < -0.4 is 5.32 Å². The predicted molar refractivity (Wildman–Crippen MR) is 122 cm³/mol. The quantitative estimate of drug-likeness (QED) is 0.753. The lowest BCUT2D eigenvalue weighted by Gasteiger charge is -2.32. The third-order valence-corrected chi connectivity index (χ3v) is 6.59. The Kier molecular flexibility index (Phi) is 7.19. The van der Waals surface area contributed by atoms with Crippen LogP contribution in [-0.2, 0) is 24.4 Å². The van der Waals surface area contributed by atoms with Crippen LogP contribution >= 0.6 is 0 Å². The molecule has 2 aromatic rings. The van der Waals surface area contributed by atoms with Crippen LogP contribution in [0.3, 0.4) is 0 Å². The number of benzene rings is 2. The first kappa shape index (κ1) is 21.1. The van der Waals surface area contributed by atoms with Crippen LogP contribution in [0.5, 0.6) is 0 Å². The number of carbonyl (C=O) groups is 1. The number of hydrogen-bond acceptors (Lipinski definition) is 3. The van der Waals surface area contributed by atoms with E-state index in [1.807, 2.05) is 0 Å². The number of hydrogen-bond donors (Lipinski definition) is 1. The van der Waals surface area contributed by atoms with Crippen LogP contribution in [0.25, 0.3) is 0 Å². The maximum atomic E-state index is 12.9. The molecule has 2 heterocycles. The first-order valence-electron chi connectivity index (χ1n) is 11.5. The Labute approximate surface area is 181 Å². The summed E-state index contributed by atoms with van der Waals surface area (Å²) in [6.07, 6.45) is 4.72. The van der Waals surface area contributed by atoms with Gasteiger partial charge in [0.25, 0.3) is 0 Å². The highest BCUT2D eigenvalue weighted by Crippen LogP contribution is 2.20. The van der Waals surface area contributed by atoms with E-state index < -0.39 is 0 Å². The van der Waals surface area contributed by atoms with E-state index in [0.717, 1.165) is 39.0 Å². The molecule has 2 aliphatic rings. The molecule has 2 fully saturated rings. The molecular formula is C26H35N3O. The van der Waals surface area contributed by atoms with Gasteiger partial charge in [-0.1, -0.05) is 48.5 Å². The summed E-state index contributed by atoms with van der Waals surface area (Å²) in [5.41, 5.74) is 5.25. The van der Waals surface area contributed by atoms with E-state index in [1.165, 1.54) is 48.2 Å². The number of nitrogens with zero attached hydrogens (tertiary/aromatic N) is 2. The average molecular weight is 406 g/mol. The number of piperidine rings is 1. The molecule has 0 aromatic heterocycles. The zero-order valence-corrected chi connectivity index (χ0v) is 18.3. The molecule has 0 radical (unpaired) electrons. The highest BCUT2D eigenvalue weighted by atomic mass is 16.1. The lowest BCUT2D eigenvalue weighted by atomic mass is 9.96. The van der Waals surface area contributed by atoms with E-state index in [-0.39, 0.29) is 11.8 Å². The van der Waals surface area contributed by atoms with E-state index >= 15 is 0 Å². The summed E-state index contributed by atoms with van der Waals surface area (Å²) in [6, 6.07) is 17.3. The Morgan fingerprint density at radius 1 is 0.933 bits per heavy atom. The monoisotopic (exact) mass is 405 g/mol. The predicted octanol–water partition coefficient (Wildman–Crippen LogP) is 4.12. The van der Waals surface area contributed by atoms with Gasteiger partial charge >= 0.3 is 0 Å². The van der Waals surface area contributed by atoms with Crippen molar-refractivity contribution in [1.29, 1.82) is 0 Å². The van der Waals surface area contributed by atoms with Gasteiger partial charge in [0.2, 0.25) is 5.91 Å². The molecule has 4 rings (SSSR count). The van der Waals surface area contributed by atoms with Crippen molar-refractivity contribution in [1.82, 2.24) is 15.1 Å². The van der Waals surface area contributed by atoms with Gasteiger partial charge in [-0.15, -0.1) is 0 Å². The van der Waals surface area contributed by atoms with Crippen LogP contribution in [0, 0.1) is 12.8 Å². The Morgan fingerprint density at radius 3 is 2.53 bits per heavy atom. The van der Waals surface area contributed by atoms with Crippen molar-refractivity contribution in [3.63, 3.8) is 0 Å². The van der Waals surface area contributed by atoms with Crippen molar-refractivity contribution in [3.8, 4) is 0 Å². The SMILES string of the molecule is Cc1ccccc1CN1CCCC(C(=O)NCc2cccc(CN3CCCC3)c2)C1. The molecule has 1 amide bonds. The van der Waals surface area contributed by atoms with E-state index in [1.54, 1.807) is 0 Å². The van der Waals surface area contributed by atoms with Crippen molar-refractivity contribution < 1.29 is 4.79 Å². The number of nitrogens with one attached hydrogen (secondary N) is 1. The van der Waals surface area contributed by atoms with Gasteiger partial charge < -0.3 is 5.32 Å². The lowest BCUT2D eigenvalue weighted by Crippen LogP contribution is -2.42. The minimum absolute atomic E-state index is 0.0931. The molecule has 0 spiro atoms. The summed E-state index contributed by atoms with van der Waals surface area (Å²) < 4.78 is 0. The molecular weight excluding hydrogens is 370 g/mol. The smallest absolute Gasteiger partial charge is 0.224 e. The van der Waals surface area contributed by atoms with Crippen molar-refractivity contribution in [2.45, 2.75) is 52.2 Å². The topological polar surface area (TPSA) is 35.6 Å². The molecule has 1 atom stereocenters. The normalized spacial score (nSPS) is 20.4. The molecule has 4 nitrogen and oxygen atoms in total. The van der Waals surface area contributed by atoms with Gasteiger partial charge in [0.15, 0.2) is 0 Å². The maximum Gasteiger partial charge on any atom is 0.224 e. The number of carbonyl (C=O) groups excluding carboxylic acids is 1. The number of aryl methyl sites for hydroxylation is 1. The third-order valence-electron chi connectivity index (χ3n) is 6.59. The van der Waals surface area contributed by atoms with Gasteiger partial charge in [0.05, 0.1) is 5.92 Å². The van der Waals surface area contributed by atoms with Crippen LogP contribution in [0.1, 0.15) is 47.9 Å². The second kappa shape index (κ2) is 10.2. The van der Waals surface area contributed by atoms with Crippen LogP contribution in [0.4, 0.5) is 0 Å². The average Bonchev–Trinajstić information content (AvgIpc) is 3.27. The first-order valence-corrected chi connectivity index (χ1v) is 11.5. The third kappa shape index (κ3) is 5.71. The van der Waals surface area contributed by atoms with Gasteiger partial charge in [-0.2, -0.15) is 0 Å². The highest BCUT2D eigenvalue weighted by molar-refractivity contribution is 5.79. The fourth-order valence-corrected chi connectivity index (χ4v) is 4.81. The number of rotatable bonds is 7. The molecule has 30 heavy (non-hydrogen) atoms. The zero-order valence-electron chi connectivity index (χ0n) is 18.3. The van der Waals surface area contributed by atoms with E-state index in [0.29, 0.717) is 6.54 Å². The standard InChI is InChI=1S/C26H35N3O/c1-21-8-2-3-11-24(21)19-29-15-7-12-25(20-29)26(30)27-17-22-9-6-10-23(16-22)18-28-13-4-5-14-28/h2-3,6,8-11,16,25H,4-5,7,12-15,17-20H2,1H3,(H,27,30). The molecule has 0 aliphatic carbocycles. The van der Waals surface area contributed by atoms with Gasteiger partial charge in [0, 0.05) is 26.2 Å². The fourth-order valence-electron chi connectivity index (χ4n) is 4.81. The number of amides is 1. The molecule has 1 N–H and O–H groups in total. The second-order valence-electron chi connectivity index (χ2n) is 9.02. The zero-order chi connectivity index (χ0) is 20.8. The molecule has 160 valence electrons. The summed E-state index contributed by atoms with van der Waals surface area (Å²) >= 11 is 0. The largest absolute Gasteiger partial charge is 0.352 e. The fraction of sp³-hybridized carbons (Fsp3) is 0.500. The Bertz CT molecular complexity index is 844. The lowest BCUT2D eigenvalue weighted by molar-refractivity contribution is -0.126. The molecule has 2 saturated heterocycles. The summed E-state index contributed by atoms with van der Waals surface area (Å²) in [6.45, 7) is 9.12. The molecule has 4 heteroatoms. The molecule has 1 unspecified atom stereocenters. The Balaban J connectivity index is 1.28. The highest BCUT2D eigenvalue weighted by Gasteiger charge is 2.25. The van der Waals surface area contributed by atoms with Gasteiger partial charge in [-0.25, -0.2) is 0 Å². The number of likely N-dealkylation sites (tertiary alicyclic amines) is 2. The van der Waals surface area contributed by atoms with E-state index in [2.05, 4.69) is 70.6 Å². The van der Waals surface area contributed by atoms with Crippen LogP contribution in [-0.4, -0.2) is 41.9 Å². The summed E-state index contributed by atoms with van der Waals surface area (Å²) in [4.78, 5) is 17.8. The molecule has 2 aliphatic heterocycles. The summed E-state index contributed by atoms with van der Waals surface area (Å²) in [5, 5.41) is 3.21. The van der Waals surface area contributed by atoms with Crippen molar-refractivity contribution in [3.05, 3.63) is 70.8 Å². The van der Waals surface area contributed by atoms with Gasteiger partial charge in [-0.05, 0) is 74.5 Å². The van der Waals surface area contributed by atoms with Crippen LogP contribution in [0.2, 0.25) is 0 Å². The van der Waals surface area contributed by atoms with Crippen LogP contribution in [0.15, 0.2) is 48.5 Å². The minimum atomic E-state index is 0.0931. The van der Waals surface area contributed by atoms with Crippen molar-refractivity contribution in [2.75, 3.05) is 26.2 Å². The van der Waals surface area contributed by atoms with Crippen molar-refractivity contribution >= 4 is 5.91 Å². The molecule has 0 saturated carbocycles. The minimum Gasteiger partial charge on any atom is -0.352 e. The van der Waals surface area contributed by atoms with E-state index in [9.17, 15) is 4.79 Å². The van der Waals surface area contributed by atoms with E-state index in [4.69, 9.17) is 0 Å². The summed E-state index contributed by atoms with van der Waals surface area (Å²) in [5.74, 6) is 0.296. The Morgan fingerprint density at radius 2 is 1.70 bits per heavy atom.